The Balaban J connectivity index is 1.76. The standard InChI is InChI=1S/C19H25NO4/c1-14(2)13-24-17-5-3-15(4-6-17)18(21)9-12-20-10-7-16(8-11-20)19(22)23/h3-6,16H,1,7-13H2,2H3,(H,22,23). The number of ketones is 1. The number of likely N-dealkylation sites (tertiary alicyclic amines) is 1. The molecule has 0 unspecified atom stereocenters. The molecular formula is C19H25NO4. The quantitative estimate of drug-likeness (QED) is 0.586. The minimum atomic E-state index is -0.709. The van der Waals surface area contributed by atoms with Gasteiger partial charge >= 0.3 is 5.97 Å². The first-order chi connectivity index (χ1) is 11.5. The molecule has 1 saturated heterocycles. The van der Waals surface area contributed by atoms with Crippen molar-refractivity contribution in [2.24, 2.45) is 5.92 Å². The highest BCUT2D eigenvalue weighted by Gasteiger charge is 2.24. The van der Waals surface area contributed by atoms with E-state index in [0.717, 1.165) is 24.4 Å². The van der Waals surface area contributed by atoms with Gasteiger partial charge in [-0.3, -0.25) is 9.59 Å². The fraction of sp³-hybridized carbons (Fsp3) is 0.474. The number of carbonyl (C=O) groups excluding carboxylic acids is 1. The highest BCUT2D eigenvalue weighted by Crippen LogP contribution is 2.18. The lowest BCUT2D eigenvalue weighted by Crippen LogP contribution is -2.37. The molecule has 0 amide bonds. The van der Waals surface area contributed by atoms with Crippen LogP contribution >= 0.6 is 0 Å². The van der Waals surface area contributed by atoms with Gasteiger partial charge in [-0.2, -0.15) is 0 Å². The van der Waals surface area contributed by atoms with Crippen LogP contribution in [0.3, 0.4) is 0 Å². The maximum Gasteiger partial charge on any atom is 0.306 e. The number of Topliss-reactive ketones (excluding diaryl/α,β-unsaturated/α-hetero) is 1. The molecule has 0 bridgehead atoms. The van der Waals surface area contributed by atoms with Crippen LogP contribution in [-0.4, -0.2) is 48.0 Å². The zero-order valence-corrected chi connectivity index (χ0v) is 14.2. The number of hydrogen-bond acceptors (Lipinski definition) is 4. The summed E-state index contributed by atoms with van der Waals surface area (Å²) in [4.78, 5) is 25.4. The van der Waals surface area contributed by atoms with Crippen molar-refractivity contribution in [3.63, 3.8) is 0 Å². The summed E-state index contributed by atoms with van der Waals surface area (Å²) in [6, 6.07) is 7.17. The van der Waals surface area contributed by atoms with Crippen molar-refractivity contribution in [1.29, 1.82) is 0 Å². The predicted molar refractivity (Wildman–Crippen MR) is 92.5 cm³/mol. The number of carboxylic acid groups (broad SMARTS) is 1. The van der Waals surface area contributed by atoms with Crippen molar-refractivity contribution in [3.05, 3.63) is 42.0 Å². The molecule has 1 fully saturated rings. The van der Waals surface area contributed by atoms with Crippen molar-refractivity contribution in [1.82, 2.24) is 4.90 Å². The van der Waals surface area contributed by atoms with Crippen LogP contribution in [0, 0.1) is 5.92 Å². The molecule has 0 radical (unpaired) electrons. The van der Waals surface area contributed by atoms with E-state index in [4.69, 9.17) is 9.84 Å². The maximum absolute atomic E-state index is 12.3. The summed E-state index contributed by atoms with van der Waals surface area (Å²) in [5, 5.41) is 8.99. The first-order valence-electron chi connectivity index (χ1n) is 8.31. The predicted octanol–water partition coefficient (Wildman–Crippen LogP) is 3.01. The van der Waals surface area contributed by atoms with Crippen molar-refractivity contribution in [3.8, 4) is 5.75 Å². The Labute approximate surface area is 142 Å². The molecule has 24 heavy (non-hydrogen) atoms. The Morgan fingerprint density at radius 1 is 1.25 bits per heavy atom. The van der Waals surface area contributed by atoms with Gasteiger partial charge in [0, 0.05) is 18.5 Å². The second-order valence-electron chi connectivity index (χ2n) is 6.40. The van der Waals surface area contributed by atoms with Crippen LogP contribution < -0.4 is 4.74 Å². The molecule has 1 aromatic rings. The van der Waals surface area contributed by atoms with Crippen molar-refractivity contribution in [2.45, 2.75) is 26.2 Å². The third-order valence-electron chi connectivity index (χ3n) is 4.25. The number of rotatable bonds is 8. The first-order valence-corrected chi connectivity index (χ1v) is 8.31. The van der Waals surface area contributed by atoms with E-state index in [1.165, 1.54) is 0 Å². The second kappa shape index (κ2) is 8.64. The van der Waals surface area contributed by atoms with Gasteiger partial charge in [0.1, 0.15) is 12.4 Å². The smallest absolute Gasteiger partial charge is 0.306 e. The molecule has 1 aliphatic rings. The maximum atomic E-state index is 12.3. The monoisotopic (exact) mass is 331 g/mol. The summed E-state index contributed by atoms with van der Waals surface area (Å²) in [6.45, 7) is 8.33. The van der Waals surface area contributed by atoms with Gasteiger partial charge in [-0.05, 0) is 62.7 Å². The number of hydrogen-bond donors (Lipinski definition) is 1. The van der Waals surface area contributed by atoms with Gasteiger partial charge in [-0.1, -0.05) is 6.58 Å². The summed E-state index contributed by atoms with van der Waals surface area (Å²) < 4.78 is 5.52. The Kier molecular flexibility index (Phi) is 6.55. The number of carbonyl (C=O) groups is 2. The van der Waals surface area contributed by atoms with E-state index in [1.807, 2.05) is 6.92 Å². The van der Waals surface area contributed by atoms with Gasteiger partial charge in [-0.15, -0.1) is 0 Å². The zero-order valence-electron chi connectivity index (χ0n) is 14.2. The molecule has 0 saturated carbocycles. The van der Waals surface area contributed by atoms with Gasteiger partial charge in [0.25, 0.3) is 0 Å². The normalized spacial score (nSPS) is 15.9. The van der Waals surface area contributed by atoms with Gasteiger partial charge in [-0.25, -0.2) is 0 Å². The molecule has 1 N–H and O–H groups in total. The van der Waals surface area contributed by atoms with Gasteiger partial charge in [0.05, 0.1) is 5.92 Å². The van der Waals surface area contributed by atoms with Crippen LogP contribution in [-0.2, 0) is 4.79 Å². The van der Waals surface area contributed by atoms with Crippen molar-refractivity contribution >= 4 is 11.8 Å². The van der Waals surface area contributed by atoms with Crippen LogP contribution in [0.2, 0.25) is 0 Å². The minimum absolute atomic E-state index is 0.0989. The van der Waals surface area contributed by atoms with E-state index in [0.29, 0.717) is 38.0 Å². The third-order valence-corrected chi connectivity index (χ3v) is 4.25. The fourth-order valence-electron chi connectivity index (χ4n) is 2.75. The number of carboxylic acids is 1. The average Bonchev–Trinajstić information content (AvgIpc) is 2.58. The summed E-state index contributed by atoms with van der Waals surface area (Å²) in [5.74, 6) is -0.115. The molecular weight excluding hydrogens is 306 g/mol. The fourth-order valence-corrected chi connectivity index (χ4v) is 2.75. The SMILES string of the molecule is C=C(C)COc1ccc(C(=O)CCN2CCC(C(=O)O)CC2)cc1. The Hall–Kier alpha value is -2.14. The summed E-state index contributed by atoms with van der Waals surface area (Å²) in [6.07, 6.45) is 1.78. The Morgan fingerprint density at radius 3 is 2.42 bits per heavy atom. The molecule has 130 valence electrons. The lowest BCUT2D eigenvalue weighted by molar-refractivity contribution is -0.143. The van der Waals surface area contributed by atoms with E-state index in [9.17, 15) is 9.59 Å². The molecule has 0 aromatic heterocycles. The van der Waals surface area contributed by atoms with E-state index in [-0.39, 0.29) is 11.7 Å². The average molecular weight is 331 g/mol. The highest BCUT2D eigenvalue weighted by atomic mass is 16.5. The number of aliphatic carboxylic acids is 1. The van der Waals surface area contributed by atoms with E-state index < -0.39 is 5.97 Å². The first kappa shape index (κ1) is 18.2. The molecule has 1 aliphatic heterocycles. The van der Waals surface area contributed by atoms with Crippen molar-refractivity contribution in [2.75, 3.05) is 26.2 Å². The molecule has 0 aliphatic carbocycles. The Morgan fingerprint density at radius 2 is 1.88 bits per heavy atom. The number of benzene rings is 1. The van der Waals surface area contributed by atoms with Gasteiger partial charge < -0.3 is 14.7 Å². The summed E-state index contributed by atoms with van der Waals surface area (Å²) in [5.41, 5.74) is 1.62. The van der Waals surface area contributed by atoms with Crippen LogP contribution in [0.5, 0.6) is 5.75 Å². The lowest BCUT2D eigenvalue weighted by Gasteiger charge is -2.29. The molecule has 0 spiro atoms. The van der Waals surface area contributed by atoms with E-state index >= 15 is 0 Å². The minimum Gasteiger partial charge on any atom is -0.489 e. The van der Waals surface area contributed by atoms with Crippen LogP contribution in [0.25, 0.3) is 0 Å². The Bertz CT molecular complexity index is 586. The van der Waals surface area contributed by atoms with E-state index in [1.54, 1.807) is 24.3 Å². The zero-order chi connectivity index (χ0) is 17.5. The van der Waals surface area contributed by atoms with Crippen LogP contribution in [0.1, 0.15) is 36.5 Å². The van der Waals surface area contributed by atoms with Gasteiger partial charge in [0.15, 0.2) is 5.78 Å². The highest BCUT2D eigenvalue weighted by molar-refractivity contribution is 5.96. The molecule has 5 nitrogen and oxygen atoms in total. The van der Waals surface area contributed by atoms with Gasteiger partial charge in [0.2, 0.25) is 0 Å². The number of nitrogens with zero attached hydrogens (tertiary/aromatic N) is 1. The topological polar surface area (TPSA) is 66.8 Å². The van der Waals surface area contributed by atoms with Crippen LogP contribution in [0.4, 0.5) is 0 Å². The molecule has 2 rings (SSSR count). The van der Waals surface area contributed by atoms with Crippen LogP contribution in [0.15, 0.2) is 36.4 Å². The summed E-state index contributed by atoms with van der Waals surface area (Å²) in [7, 11) is 0. The third kappa shape index (κ3) is 5.49. The number of piperidine rings is 1. The molecule has 1 aromatic carbocycles. The summed E-state index contributed by atoms with van der Waals surface area (Å²) >= 11 is 0. The molecule has 0 atom stereocenters. The largest absolute Gasteiger partial charge is 0.489 e. The molecule has 5 heteroatoms. The molecule has 1 heterocycles. The lowest BCUT2D eigenvalue weighted by atomic mass is 9.97. The second-order valence-corrected chi connectivity index (χ2v) is 6.40. The van der Waals surface area contributed by atoms with Crippen molar-refractivity contribution < 1.29 is 19.4 Å². The van der Waals surface area contributed by atoms with E-state index in [2.05, 4.69) is 11.5 Å². The number of ether oxygens (including phenoxy) is 1.